The van der Waals surface area contributed by atoms with Gasteiger partial charge in [-0.2, -0.15) is 0 Å². The van der Waals surface area contributed by atoms with Crippen molar-refractivity contribution in [2.45, 2.75) is 6.54 Å². The summed E-state index contributed by atoms with van der Waals surface area (Å²) in [7, 11) is 0. The Balaban J connectivity index is 1.80. The molecule has 0 saturated carbocycles. The summed E-state index contributed by atoms with van der Waals surface area (Å²) in [6.45, 7) is 1.00. The third-order valence-corrected chi connectivity index (χ3v) is 2.10. The van der Waals surface area contributed by atoms with Gasteiger partial charge in [0.15, 0.2) is 11.0 Å². The number of nitrogens with zero attached hydrogens (tertiary/aromatic N) is 3. The molecular formula is C9H9ClN4O2. The lowest BCUT2D eigenvalue weighted by molar-refractivity contribution is 0.0924. The van der Waals surface area contributed by atoms with Gasteiger partial charge >= 0.3 is 0 Å². The van der Waals surface area contributed by atoms with Crippen molar-refractivity contribution in [3.8, 4) is 0 Å². The van der Waals surface area contributed by atoms with E-state index in [1.165, 1.54) is 12.1 Å². The Labute approximate surface area is 96.2 Å². The second kappa shape index (κ2) is 4.80. The maximum Gasteiger partial charge on any atom is 0.287 e. The fraction of sp³-hybridized carbons (Fsp3) is 0.222. The van der Waals surface area contributed by atoms with Crippen molar-refractivity contribution in [1.82, 2.24) is 20.3 Å². The molecule has 2 heterocycles. The van der Waals surface area contributed by atoms with Gasteiger partial charge < -0.3 is 9.73 Å². The number of nitrogens with one attached hydrogen (secondary N) is 1. The molecule has 0 aliphatic carbocycles. The van der Waals surface area contributed by atoms with Gasteiger partial charge in [0.2, 0.25) is 0 Å². The first-order valence-electron chi connectivity index (χ1n) is 4.63. The maximum atomic E-state index is 11.5. The molecular weight excluding hydrogens is 232 g/mol. The summed E-state index contributed by atoms with van der Waals surface area (Å²) in [5, 5.41) is 10.3. The summed E-state index contributed by atoms with van der Waals surface area (Å²) in [5.74, 6) is -0.101. The molecule has 1 amide bonds. The highest BCUT2D eigenvalue weighted by atomic mass is 35.5. The van der Waals surface area contributed by atoms with E-state index in [2.05, 4.69) is 15.6 Å². The van der Waals surface area contributed by atoms with Crippen molar-refractivity contribution in [2.75, 3.05) is 6.54 Å². The molecule has 1 N–H and O–H groups in total. The van der Waals surface area contributed by atoms with E-state index in [9.17, 15) is 4.79 Å². The molecule has 2 aromatic rings. The van der Waals surface area contributed by atoms with E-state index in [0.717, 1.165) is 0 Å². The Morgan fingerprint density at radius 2 is 2.44 bits per heavy atom. The summed E-state index contributed by atoms with van der Waals surface area (Å²) >= 11 is 5.55. The molecule has 0 spiro atoms. The zero-order valence-electron chi connectivity index (χ0n) is 8.26. The lowest BCUT2D eigenvalue weighted by Crippen LogP contribution is -2.27. The number of hydrogen-bond acceptors (Lipinski definition) is 4. The molecule has 0 radical (unpaired) electrons. The van der Waals surface area contributed by atoms with Gasteiger partial charge in [-0.05, 0) is 23.7 Å². The van der Waals surface area contributed by atoms with Crippen molar-refractivity contribution in [3.05, 3.63) is 35.5 Å². The topological polar surface area (TPSA) is 73.0 Å². The molecule has 2 aromatic heterocycles. The number of aromatic nitrogens is 3. The highest BCUT2D eigenvalue weighted by Gasteiger charge is 2.09. The average Bonchev–Trinajstić information content (AvgIpc) is 2.89. The molecule has 0 atom stereocenters. The standard InChI is InChI=1S/C9H9ClN4O2/c10-8-2-1-7(16-8)9(15)11-3-5-14-6-4-12-13-14/h1-2,4,6H,3,5H2,(H,11,15). The highest BCUT2D eigenvalue weighted by Crippen LogP contribution is 2.12. The maximum absolute atomic E-state index is 11.5. The molecule has 0 aliphatic heterocycles. The third-order valence-electron chi connectivity index (χ3n) is 1.90. The van der Waals surface area contributed by atoms with E-state index in [4.69, 9.17) is 16.0 Å². The monoisotopic (exact) mass is 240 g/mol. The van der Waals surface area contributed by atoms with Gasteiger partial charge in [-0.1, -0.05) is 5.21 Å². The first kappa shape index (κ1) is 10.7. The molecule has 0 fully saturated rings. The summed E-state index contributed by atoms with van der Waals surface area (Å²) in [5.41, 5.74) is 0. The van der Waals surface area contributed by atoms with Gasteiger partial charge in [0.1, 0.15) is 0 Å². The Morgan fingerprint density at radius 1 is 1.56 bits per heavy atom. The van der Waals surface area contributed by atoms with Crippen LogP contribution in [0.4, 0.5) is 0 Å². The minimum atomic E-state index is -0.299. The smallest absolute Gasteiger partial charge is 0.287 e. The first-order chi connectivity index (χ1) is 7.75. The van der Waals surface area contributed by atoms with Crippen molar-refractivity contribution < 1.29 is 9.21 Å². The van der Waals surface area contributed by atoms with Crippen molar-refractivity contribution >= 4 is 17.5 Å². The van der Waals surface area contributed by atoms with Crippen LogP contribution in [0.15, 0.2) is 28.9 Å². The molecule has 0 aliphatic rings. The quantitative estimate of drug-likeness (QED) is 0.864. The van der Waals surface area contributed by atoms with Crippen LogP contribution in [0.3, 0.4) is 0 Å². The van der Waals surface area contributed by atoms with Gasteiger partial charge in [-0.25, -0.2) is 0 Å². The van der Waals surface area contributed by atoms with Crippen LogP contribution in [0.25, 0.3) is 0 Å². The number of carbonyl (C=O) groups is 1. The summed E-state index contributed by atoms with van der Waals surface area (Å²) in [6.07, 6.45) is 3.30. The van der Waals surface area contributed by atoms with Gasteiger partial charge in [-0.15, -0.1) is 5.10 Å². The molecule has 0 bridgehead atoms. The van der Waals surface area contributed by atoms with Crippen molar-refractivity contribution in [2.24, 2.45) is 0 Å². The summed E-state index contributed by atoms with van der Waals surface area (Å²) < 4.78 is 6.57. The van der Waals surface area contributed by atoms with Gasteiger partial charge in [0.25, 0.3) is 5.91 Å². The SMILES string of the molecule is O=C(NCCn1ccnn1)c1ccc(Cl)o1. The van der Waals surface area contributed by atoms with Gasteiger partial charge in [0, 0.05) is 12.7 Å². The molecule has 2 rings (SSSR count). The minimum Gasteiger partial charge on any atom is -0.440 e. The Morgan fingerprint density at radius 3 is 3.06 bits per heavy atom. The van der Waals surface area contributed by atoms with Crippen LogP contribution in [0.2, 0.25) is 5.22 Å². The van der Waals surface area contributed by atoms with Gasteiger partial charge in [0.05, 0.1) is 12.7 Å². The Bertz CT molecular complexity index is 466. The molecule has 84 valence electrons. The molecule has 0 saturated heterocycles. The van der Waals surface area contributed by atoms with Crippen LogP contribution < -0.4 is 5.32 Å². The third kappa shape index (κ3) is 2.60. The van der Waals surface area contributed by atoms with Crippen LogP contribution >= 0.6 is 11.6 Å². The molecule has 16 heavy (non-hydrogen) atoms. The zero-order chi connectivity index (χ0) is 11.4. The van der Waals surface area contributed by atoms with E-state index in [0.29, 0.717) is 13.1 Å². The summed E-state index contributed by atoms with van der Waals surface area (Å²) in [6, 6.07) is 3.04. The zero-order valence-corrected chi connectivity index (χ0v) is 9.02. The van der Waals surface area contributed by atoms with Crippen molar-refractivity contribution in [3.63, 3.8) is 0 Å². The van der Waals surface area contributed by atoms with Crippen LogP contribution in [-0.4, -0.2) is 27.4 Å². The number of furan rings is 1. The van der Waals surface area contributed by atoms with Crippen molar-refractivity contribution in [1.29, 1.82) is 0 Å². The number of amides is 1. The van der Waals surface area contributed by atoms with Crippen LogP contribution in [0.1, 0.15) is 10.6 Å². The number of carbonyl (C=O) groups excluding carboxylic acids is 1. The second-order valence-electron chi connectivity index (χ2n) is 3.03. The van der Waals surface area contributed by atoms with Gasteiger partial charge in [-0.3, -0.25) is 9.48 Å². The molecule has 0 unspecified atom stereocenters. The number of halogens is 1. The lowest BCUT2D eigenvalue weighted by Gasteiger charge is -2.02. The number of hydrogen-bond donors (Lipinski definition) is 1. The Kier molecular flexibility index (Phi) is 3.21. The fourth-order valence-corrected chi connectivity index (χ4v) is 1.31. The highest BCUT2D eigenvalue weighted by molar-refractivity contribution is 6.29. The van der Waals surface area contributed by atoms with E-state index in [1.54, 1.807) is 17.1 Å². The second-order valence-corrected chi connectivity index (χ2v) is 3.40. The van der Waals surface area contributed by atoms with E-state index in [1.807, 2.05) is 0 Å². The summed E-state index contributed by atoms with van der Waals surface area (Å²) in [4.78, 5) is 11.5. The average molecular weight is 241 g/mol. The Hall–Kier alpha value is -1.82. The van der Waals surface area contributed by atoms with E-state index < -0.39 is 0 Å². The van der Waals surface area contributed by atoms with E-state index in [-0.39, 0.29) is 16.9 Å². The largest absolute Gasteiger partial charge is 0.440 e. The van der Waals surface area contributed by atoms with Crippen LogP contribution in [-0.2, 0) is 6.54 Å². The first-order valence-corrected chi connectivity index (χ1v) is 5.01. The molecule has 6 nitrogen and oxygen atoms in total. The number of rotatable bonds is 4. The lowest BCUT2D eigenvalue weighted by atomic mass is 10.4. The van der Waals surface area contributed by atoms with Crippen LogP contribution in [0.5, 0.6) is 0 Å². The predicted molar refractivity (Wildman–Crippen MR) is 56.1 cm³/mol. The predicted octanol–water partition coefficient (Wildman–Crippen LogP) is 0.954. The normalized spacial score (nSPS) is 10.3. The van der Waals surface area contributed by atoms with Crippen LogP contribution in [0, 0.1) is 0 Å². The minimum absolute atomic E-state index is 0.196. The van der Waals surface area contributed by atoms with E-state index >= 15 is 0 Å². The fourth-order valence-electron chi connectivity index (χ4n) is 1.16. The molecule has 0 aromatic carbocycles. The molecule has 7 heteroatoms.